The molecule has 94 valence electrons. The van der Waals surface area contributed by atoms with E-state index >= 15 is 0 Å². The van der Waals surface area contributed by atoms with E-state index < -0.39 is 0 Å². The van der Waals surface area contributed by atoms with E-state index in [1.54, 1.807) is 6.07 Å². The predicted molar refractivity (Wildman–Crippen MR) is 66.9 cm³/mol. The van der Waals surface area contributed by atoms with Crippen LogP contribution in [0, 0.1) is 5.82 Å². The minimum Gasteiger partial charge on any atom is -0.377 e. The minimum absolute atomic E-state index is 0.149. The van der Waals surface area contributed by atoms with Crippen molar-refractivity contribution in [2.75, 3.05) is 38.3 Å². The van der Waals surface area contributed by atoms with E-state index in [4.69, 9.17) is 4.74 Å². The third-order valence-electron chi connectivity index (χ3n) is 3.12. The Balaban J connectivity index is 2.13. The summed E-state index contributed by atoms with van der Waals surface area (Å²) in [6.07, 6.45) is 0.963. The third kappa shape index (κ3) is 2.96. The zero-order valence-corrected chi connectivity index (χ0v) is 10.2. The Hall–Kier alpha value is -1.13. The van der Waals surface area contributed by atoms with E-state index in [2.05, 4.69) is 10.2 Å². The zero-order chi connectivity index (χ0) is 12.1. The van der Waals surface area contributed by atoms with Crippen LogP contribution in [-0.2, 0) is 4.74 Å². The average molecular weight is 238 g/mol. The van der Waals surface area contributed by atoms with Crippen LogP contribution in [0.3, 0.4) is 0 Å². The molecule has 17 heavy (non-hydrogen) atoms. The van der Waals surface area contributed by atoms with E-state index in [0.29, 0.717) is 18.9 Å². The summed E-state index contributed by atoms with van der Waals surface area (Å²) in [6.45, 7) is 3.02. The Bertz CT molecular complexity index is 359. The summed E-state index contributed by atoms with van der Waals surface area (Å²) >= 11 is 0. The number of hydrogen-bond donors (Lipinski definition) is 1. The first kappa shape index (κ1) is 12.3. The summed E-state index contributed by atoms with van der Waals surface area (Å²) in [4.78, 5) is 2.12. The molecular weight excluding hydrogens is 219 g/mol. The topological polar surface area (TPSA) is 24.5 Å². The molecule has 1 aromatic rings. The van der Waals surface area contributed by atoms with Crippen LogP contribution < -0.4 is 10.2 Å². The number of halogens is 1. The van der Waals surface area contributed by atoms with Gasteiger partial charge in [0.1, 0.15) is 5.82 Å². The summed E-state index contributed by atoms with van der Waals surface area (Å²) in [7, 11) is 1.93. The largest absolute Gasteiger partial charge is 0.377 e. The van der Waals surface area contributed by atoms with Gasteiger partial charge in [0.05, 0.1) is 24.9 Å². The molecule has 0 bridgehead atoms. The molecule has 0 aromatic heterocycles. The van der Waals surface area contributed by atoms with Crippen molar-refractivity contribution in [2.24, 2.45) is 0 Å². The molecule has 1 aromatic carbocycles. The van der Waals surface area contributed by atoms with Crippen LogP contribution in [0.2, 0.25) is 0 Å². The number of hydrogen-bond acceptors (Lipinski definition) is 3. The highest BCUT2D eigenvalue weighted by molar-refractivity contribution is 5.49. The van der Waals surface area contributed by atoms with E-state index in [9.17, 15) is 4.39 Å². The number of anilines is 1. The van der Waals surface area contributed by atoms with Crippen molar-refractivity contribution in [3.8, 4) is 0 Å². The number of para-hydroxylation sites is 1. The van der Waals surface area contributed by atoms with Crippen LogP contribution in [-0.4, -0.2) is 39.4 Å². The first-order valence-electron chi connectivity index (χ1n) is 6.06. The predicted octanol–water partition coefficient (Wildman–Crippen LogP) is 1.64. The summed E-state index contributed by atoms with van der Waals surface area (Å²) in [5.41, 5.74) is 0.692. The van der Waals surface area contributed by atoms with Crippen LogP contribution in [0.25, 0.3) is 0 Å². The fourth-order valence-electron chi connectivity index (χ4n) is 2.21. The molecule has 1 heterocycles. The highest BCUT2D eigenvalue weighted by Crippen LogP contribution is 2.24. The maximum Gasteiger partial charge on any atom is 0.146 e. The SMILES string of the molecule is CNCCC1COCCN1c1ccccc1F. The number of rotatable bonds is 4. The Morgan fingerprint density at radius 3 is 3.06 bits per heavy atom. The monoisotopic (exact) mass is 238 g/mol. The zero-order valence-electron chi connectivity index (χ0n) is 10.2. The van der Waals surface area contributed by atoms with E-state index in [1.165, 1.54) is 6.07 Å². The normalized spacial score (nSPS) is 20.6. The first-order chi connectivity index (χ1) is 8.33. The van der Waals surface area contributed by atoms with Gasteiger partial charge in [0.2, 0.25) is 0 Å². The van der Waals surface area contributed by atoms with E-state index in [-0.39, 0.29) is 11.9 Å². The van der Waals surface area contributed by atoms with Crippen LogP contribution in [0.5, 0.6) is 0 Å². The van der Waals surface area contributed by atoms with Crippen molar-refractivity contribution in [1.29, 1.82) is 0 Å². The van der Waals surface area contributed by atoms with Crippen molar-refractivity contribution in [3.05, 3.63) is 30.1 Å². The molecule has 1 aliphatic rings. The molecule has 0 saturated carbocycles. The van der Waals surface area contributed by atoms with Gasteiger partial charge in [-0.05, 0) is 32.1 Å². The Morgan fingerprint density at radius 2 is 2.29 bits per heavy atom. The molecule has 4 heteroatoms. The van der Waals surface area contributed by atoms with Gasteiger partial charge in [0.15, 0.2) is 0 Å². The molecule has 0 radical (unpaired) electrons. The molecule has 0 amide bonds. The van der Waals surface area contributed by atoms with Crippen LogP contribution in [0.4, 0.5) is 10.1 Å². The van der Waals surface area contributed by atoms with Gasteiger partial charge in [-0.15, -0.1) is 0 Å². The van der Waals surface area contributed by atoms with Crippen molar-refractivity contribution in [2.45, 2.75) is 12.5 Å². The highest BCUT2D eigenvalue weighted by Gasteiger charge is 2.24. The van der Waals surface area contributed by atoms with Gasteiger partial charge in [0.25, 0.3) is 0 Å². The lowest BCUT2D eigenvalue weighted by atomic mass is 10.1. The lowest BCUT2D eigenvalue weighted by molar-refractivity contribution is 0.0913. The van der Waals surface area contributed by atoms with Crippen LogP contribution in [0.15, 0.2) is 24.3 Å². The van der Waals surface area contributed by atoms with Crippen molar-refractivity contribution in [1.82, 2.24) is 5.32 Å². The number of nitrogens with zero attached hydrogens (tertiary/aromatic N) is 1. The summed E-state index contributed by atoms with van der Waals surface area (Å²) in [5, 5.41) is 3.13. The lowest BCUT2D eigenvalue weighted by Gasteiger charge is -2.37. The molecular formula is C13H19FN2O. The number of benzene rings is 1. The molecule has 2 rings (SSSR count). The first-order valence-corrected chi connectivity index (χ1v) is 6.06. The molecule has 1 aliphatic heterocycles. The molecule has 1 atom stereocenters. The summed E-state index contributed by atoms with van der Waals surface area (Å²) < 4.78 is 19.3. The number of morpholine rings is 1. The maximum atomic E-state index is 13.8. The van der Waals surface area contributed by atoms with Gasteiger partial charge in [0, 0.05) is 6.54 Å². The quantitative estimate of drug-likeness (QED) is 0.863. The Kier molecular flexibility index (Phi) is 4.34. The molecule has 1 saturated heterocycles. The number of ether oxygens (including phenoxy) is 1. The summed E-state index contributed by atoms with van der Waals surface area (Å²) in [5.74, 6) is -0.149. The third-order valence-corrected chi connectivity index (χ3v) is 3.12. The van der Waals surface area contributed by atoms with Gasteiger partial charge in [-0.2, -0.15) is 0 Å². The number of nitrogens with one attached hydrogen (secondary N) is 1. The molecule has 1 fully saturated rings. The molecule has 3 nitrogen and oxygen atoms in total. The Labute approximate surface area is 102 Å². The van der Waals surface area contributed by atoms with Gasteiger partial charge < -0.3 is 15.0 Å². The minimum atomic E-state index is -0.149. The van der Waals surface area contributed by atoms with Crippen molar-refractivity contribution >= 4 is 5.69 Å². The maximum absolute atomic E-state index is 13.8. The second-order valence-electron chi connectivity index (χ2n) is 4.27. The van der Waals surface area contributed by atoms with Crippen LogP contribution >= 0.6 is 0 Å². The smallest absolute Gasteiger partial charge is 0.146 e. The molecule has 0 spiro atoms. The van der Waals surface area contributed by atoms with Gasteiger partial charge >= 0.3 is 0 Å². The fourth-order valence-corrected chi connectivity index (χ4v) is 2.21. The van der Waals surface area contributed by atoms with Crippen LogP contribution in [0.1, 0.15) is 6.42 Å². The second-order valence-corrected chi connectivity index (χ2v) is 4.27. The fraction of sp³-hybridized carbons (Fsp3) is 0.538. The molecule has 0 aliphatic carbocycles. The standard InChI is InChI=1S/C13H19FN2O/c1-15-7-6-11-10-17-9-8-16(11)13-5-3-2-4-12(13)14/h2-5,11,15H,6-10H2,1H3. The van der Waals surface area contributed by atoms with Gasteiger partial charge in [-0.25, -0.2) is 4.39 Å². The second kappa shape index (κ2) is 5.98. The average Bonchev–Trinajstić information content (AvgIpc) is 2.37. The Morgan fingerprint density at radius 1 is 1.47 bits per heavy atom. The van der Waals surface area contributed by atoms with Gasteiger partial charge in [-0.3, -0.25) is 0 Å². The van der Waals surface area contributed by atoms with Crippen molar-refractivity contribution in [3.63, 3.8) is 0 Å². The highest BCUT2D eigenvalue weighted by atomic mass is 19.1. The van der Waals surface area contributed by atoms with Gasteiger partial charge in [-0.1, -0.05) is 12.1 Å². The lowest BCUT2D eigenvalue weighted by Crippen LogP contribution is -2.47. The molecule has 1 unspecified atom stereocenters. The van der Waals surface area contributed by atoms with Crippen molar-refractivity contribution < 1.29 is 9.13 Å². The molecule has 1 N–H and O–H groups in total. The summed E-state index contributed by atoms with van der Waals surface area (Å²) in [6, 6.07) is 7.21. The van der Waals surface area contributed by atoms with E-state index in [0.717, 1.165) is 19.5 Å². The van der Waals surface area contributed by atoms with E-state index in [1.807, 2.05) is 19.2 Å².